The summed E-state index contributed by atoms with van der Waals surface area (Å²) in [4.78, 5) is 13.4. The zero-order valence-corrected chi connectivity index (χ0v) is 15.1. The van der Waals surface area contributed by atoms with E-state index in [1.807, 2.05) is 56.3 Å². The maximum Gasteiger partial charge on any atom is 0.252 e. The number of benzene rings is 2. The summed E-state index contributed by atoms with van der Waals surface area (Å²) < 4.78 is 5.49. The number of hydrogen-bond acceptors (Lipinski definition) is 3. The molecule has 0 radical (unpaired) electrons. The van der Waals surface area contributed by atoms with Crippen molar-refractivity contribution in [3.05, 3.63) is 65.7 Å². The Morgan fingerprint density at radius 2 is 1.79 bits per heavy atom. The van der Waals surface area contributed by atoms with Crippen molar-refractivity contribution in [2.45, 2.75) is 37.0 Å². The maximum absolute atomic E-state index is 12.4. The summed E-state index contributed by atoms with van der Waals surface area (Å²) in [5.74, 6) is 0.837. The minimum Gasteiger partial charge on any atom is -0.379 e. The zero-order chi connectivity index (χ0) is 17.2. The standard InChI is InChI=1S/C20H25NO2S/c1-16(2)23-14-8-13-21-20(22)18-11-6-7-12-19(18)24-15-17-9-4-3-5-10-17/h3-7,9-12,16H,8,13-15H2,1-2H3,(H,21,22). The molecule has 0 saturated heterocycles. The van der Waals surface area contributed by atoms with Crippen molar-refractivity contribution in [1.29, 1.82) is 0 Å². The molecule has 2 aromatic rings. The van der Waals surface area contributed by atoms with Gasteiger partial charge in [-0.1, -0.05) is 42.5 Å². The molecule has 4 heteroatoms. The highest BCUT2D eigenvalue weighted by Crippen LogP contribution is 2.26. The first-order valence-electron chi connectivity index (χ1n) is 8.32. The molecule has 0 aliphatic heterocycles. The molecule has 2 rings (SSSR count). The number of carbonyl (C=O) groups is 1. The fourth-order valence-electron chi connectivity index (χ4n) is 2.20. The van der Waals surface area contributed by atoms with Crippen molar-refractivity contribution in [2.24, 2.45) is 0 Å². The predicted molar refractivity (Wildman–Crippen MR) is 100 cm³/mol. The van der Waals surface area contributed by atoms with Gasteiger partial charge in [0.05, 0.1) is 11.7 Å². The molecule has 0 unspecified atom stereocenters. The first kappa shape index (κ1) is 18.6. The summed E-state index contributed by atoms with van der Waals surface area (Å²) in [5, 5.41) is 2.98. The molecule has 0 spiro atoms. The zero-order valence-electron chi connectivity index (χ0n) is 14.3. The van der Waals surface area contributed by atoms with Crippen molar-refractivity contribution in [1.82, 2.24) is 5.32 Å². The van der Waals surface area contributed by atoms with Crippen LogP contribution in [0.2, 0.25) is 0 Å². The van der Waals surface area contributed by atoms with Crippen LogP contribution in [0.3, 0.4) is 0 Å². The molecule has 2 aromatic carbocycles. The summed E-state index contributed by atoms with van der Waals surface area (Å²) >= 11 is 1.69. The number of amides is 1. The fourth-order valence-corrected chi connectivity index (χ4v) is 3.21. The van der Waals surface area contributed by atoms with E-state index in [0.29, 0.717) is 13.2 Å². The highest BCUT2D eigenvalue weighted by molar-refractivity contribution is 7.98. The highest BCUT2D eigenvalue weighted by atomic mass is 32.2. The average molecular weight is 343 g/mol. The number of rotatable bonds is 9. The smallest absolute Gasteiger partial charge is 0.252 e. The first-order chi connectivity index (χ1) is 11.7. The lowest BCUT2D eigenvalue weighted by Gasteiger charge is -2.11. The minimum atomic E-state index is -0.0179. The monoisotopic (exact) mass is 343 g/mol. The van der Waals surface area contributed by atoms with E-state index in [1.54, 1.807) is 11.8 Å². The van der Waals surface area contributed by atoms with E-state index in [9.17, 15) is 4.79 Å². The van der Waals surface area contributed by atoms with Gasteiger partial charge in [-0.25, -0.2) is 0 Å². The Labute approximate surface area is 148 Å². The van der Waals surface area contributed by atoms with Crippen molar-refractivity contribution in [3.63, 3.8) is 0 Å². The van der Waals surface area contributed by atoms with E-state index in [-0.39, 0.29) is 12.0 Å². The summed E-state index contributed by atoms with van der Waals surface area (Å²) in [6.45, 7) is 5.32. The van der Waals surface area contributed by atoms with Crippen LogP contribution in [0.5, 0.6) is 0 Å². The minimum absolute atomic E-state index is 0.0179. The maximum atomic E-state index is 12.4. The molecule has 1 N–H and O–H groups in total. The highest BCUT2D eigenvalue weighted by Gasteiger charge is 2.11. The molecular weight excluding hydrogens is 318 g/mol. The number of carbonyl (C=O) groups excluding carboxylic acids is 1. The van der Waals surface area contributed by atoms with Crippen molar-refractivity contribution in [3.8, 4) is 0 Å². The van der Waals surface area contributed by atoms with Gasteiger partial charge in [0.15, 0.2) is 0 Å². The molecule has 128 valence electrons. The molecule has 0 aliphatic carbocycles. The van der Waals surface area contributed by atoms with E-state index in [2.05, 4.69) is 17.4 Å². The van der Waals surface area contributed by atoms with Gasteiger partial charge < -0.3 is 10.1 Å². The Bertz CT molecular complexity index is 629. The molecule has 0 aliphatic rings. The van der Waals surface area contributed by atoms with Gasteiger partial charge in [0.1, 0.15) is 0 Å². The summed E-state index contributed by atoms with van der Waals surface area (Å²) in [7, 11) is 0. The number of thioether (sulfide) groups is 1. The van der Waals surface area contributed by atoms with Gasteiger partial charge in [-0.2, -0.15) is 0 Å². The Kier molecular flexibility index (Phi) is 7.86. The van der Waals surface area contributed by atoms with Gasteiger partial charge in [-0.3, -0.25) is 4.79 Å². The third kappa shape index (κ3) is 6.38. The van der Waals surface area contributed by atoms with E-state index in [0.717, 1.165) is 22.6 Å². The van der Waals surface area contributed by atoms with Crippen LogP contribution in [0, 0.1) is 0 Å². The largest absolute Gasteiger partial charge is 0.379 e. The lowest BCUT2D eigenvalue weighted by Crippen LogP contribution is -2.26. The molecule has 0 aromatic heterocycles. The second kappa shape index (κ2) is 10.2. The topological polar surface area (TPSA) is 38.3 Å². The number of nitrogens with one attached hydrogen (secondary N) is 1. The Morgan fingerprint density at radius 3 is 2.54 bits per heavy atom. The molecule has 0 saturated carbocycles. The molecule has 0 heterocycles. The molecule has 0 atom stereocenters. The van der Waals surface area contributed by atoms with Gasteiger partial charge >= 0.3 is 0 Å². The summed E-state index contributed by atoms with van der Waals surface area (Å²) in [6.07, 6.45) is 1.05. The molecule has 0 fully saturated rings. The van der Waals surface area contributed by atoms with E-state index in [4.69, 9.17) is 4.74 Å². The van der Waals surface area contributed by atoms with Crippen LogP contribution < -0.4 is 5.32 Å². The van der Waals surface area contributed by atoms with Crippen LogP contribution in [-0.4, -0.2) is 25.2 Å². The van der Waals surface area contributed by atoms with Crippen molar-refractivity contribution in [2.75, 3.05) is 13.2 Å². The van der Waals surface area contributed by atoms with E-state index in [1.165, 1.54) is 5.56 Å². The predicted octanol–water partition coefficient (Wildman–Crippen LogP) is 4.52. The number of hydrogen-bond donors (Lipinski definition) is 1. The molecule has 3 nitrogen and oxygen atoms in total. The first-order valence-corrected chi connectivity index (χ1v) is 9.31. The van der Waals surface area contributed by atoms with E-state index < -0.39 is 0 Å². The summed E-state index contributed by atoms with van der Waals surface area (Å²) in [6, 6.07) is 18.1. The third-order valence-electron chi connectivity index (χ3n) is 3.43. The van der Waals surface area contributed by atoms with Crippen LogP contribution in [0.1, 0.15) is 36.2 Å². The lowest BCUT2D eigenvalue weighted by molar-refractivity contribution is 0.0757. The molecule has 0 bridgehead atoms. The second-order valence-corrected chi connectivity index (χ2v) is 6.82. The molecule has 1 amide bonds. The summed E-state index contributed by atoms with van der Waals surface area (Å²) in [5.41, 5.74) is 1.99. The van der Waals surface area contributed by atoms with E-state index >= 15 is 0 Å². The normalized spacial score (nSPS) is 10.8. The van der Waals surface area contributed by atoms with Crippen LogP contribution in [-0.2, 0) is 10.5 Å². The van der Waals surface area contributed by atoms with Crippen molar-refractivity contribution < 1.29 is 9.53 Å². The Morgan fingerprint density at radius 1 is 1.08 bits per heavy atom. The lowest BCUT2D eigenvalue weighted by atomic mass is 10.2. The van der Waals surface area contributed by atoms with Gasteiger partial charge in [0.25, 0.3) is 5.91 Å². The second-order valence-electron chi connectivity index (χ2n) is 5.80. The Hall–Kier alpha value is -1.78. The van der Waals surface area contributed by atoms with Crippen molar-refractivity contribution >= 4 is 17.7 Å². The van der Waals surface area contributed by atoms with Gasteiger partial charge in [-0.05, 0) is 38.0 Å². The van der Waals surface area contributed by atoms with Crippen LogP contribution in [0.4, 0.5) is 0 Å². The Balaban J connectivity index is 1.86. The fraction of sp³-hybridized carbons (Fsp3) is 0.350. The third-order valence-corrected chi connectivity index (χ3v) is 4.57. The number of ether oxygens (including phenoxy) is 1. The molecule has 24 heavy (non-hydrogen) atoms. The van der Waals surface area contributed by atoms with Gasteiger partial charge in [-0.15, -0.1) is 11.8 Å². The SMILES string of the molecule is CC(C)OCCCNC(=O)c1ccccc1SCc1ccccc1. The molecular formula is C20H25NO2S. The van der Waals surface area contributed by atoms with Gasteiger partial charge in [0, 0.05) is 23.8 Å². The van der Waals surface area contributed by atoms with Crippen LogP contribution in [0.15, 0.2) is 59.5 Å². The van der Waals surface area contributed by atoms with Gasteiger partial charge in [0.2, 0.25) is 0 Å². The quantitative estimate of drug-likeness (QED) is 0.537. The van der Waals surface area contributed by atoms with Crippen LogP contribution >= 0.6 is 11.8 Å². The average Bonchev–Trinajstić information content (AvgIpc) is 2.60. The van der Waals surface area contributed by atoms with Crippen LogP contribution in [0.25, 0.3) is 0 Å².